The van der Waals surface area contributed by atoms with Crippen molar-refractivity contribution in [3.8, 4) is 18.1 Å². The van der Waals surface area contributed by atoms with Crippen molar-refractivity contribution in [3.05, 3.63) is 35.9 Å². The zero-order valence-electron chi connectivity index (χ0n) is 9.20. The third-order valence-corrected chi connectivity index (χ3v) is 2.61. The molecule has 0 radical (unpaired) electrons. The van der Waals surface area contributed by atoms with E-state index in [4.69, 9.17) is 11.2 Å². The predicted molar refractivity (Wildman–Crippen MR) is 66.2 cm³/mol. The van der Waals surface area contributed by atoms with Gasteiger partial charge in [0.25, 0.3) is 0 Å². The van der Waals surface area contributed by atoms with Crippen LogP contribution in [0.3, 0.4) is 0 Å². The van der Waals surface area contributed by atoms with Crippen LogP contribution in [0, 0.1) is 12.3 Å². The van der Waals surface area contributed by atoms with E-state index in [1.54, 1.807) is 0 Å². The quantitative estimate of drug-likeness (QED) is 0.776. The first-order chi connectivity index (χ1) is 7.90. The molecule has 1 aromatic rings. The van der Waals surface area contributed by atoms with Gasteiger partial charge >= 0.3 is 0 Å². The number of hydrogen-bond acceptors (Lipinski definition) is 2. The minimum atomic E-state index is 0.325. The van der Waals surface area contributed by atoms with Crippen molar-refractivity contribution in [1.82, 2.24) is 5.32 Å². The van der Waals surface area contributed by atoms with Gasteiger partial charge in [-0.15, -0.1) is 6.42 Å². The van der Waals surface area contributed by atoms with Gasteiger partial charge in [-0.3, -0.25) is 0 Å². The highest BCUT2D eigenvalue weighted by Gasteiger charge is 2.05. The zero-order valence-corrected chi connectivity index (χ0v) is 9.20. The molecule has 82 valence electrons. The fourth-order valence-corrected chi connectivity index (χ4v) is 1.77. The Morgan fingerprint density at radius 1 is 1.31 bits per heavy atom. The molecule has 0 atom stereocenters. The molecule has 2 heteroatoms. The number of terminal acetylenes is 1. The molecule has 1 aliphatic heterocycles. The fourth-order valence-electron chi connectivity index (χ4n) is 1.77. The average molecular weight is 213 g/mol. The highest BCUT2D eigenvalue weighted by Crippen LogP contribution is 2.22. The van der Waals surface area contributed by atoms with E-state index in [-0.39, 0.29) is 0 Å². The van der Waals surface area contributed by atoms with Gasteiger partial charge in [-0.05, 0) is 36.2 Å². The van der Waals surface area contributed by atoms with Crippen LogP contribution < -0.4 is 10.1 Å². The van der Waals surface area contributed by atoms with Gasteiger partial charge in [0.15, 0.2) is 0 Å². The topological polar surface area (TPSA) is 21.3 Å². The van der Waals surface area contributed by atoms with Crippen LogP contribution in [0.5, 0.6) is 5.75 Å². The van der Waals surface area contributed by atoms with Crippen LogP contribution in [0.4, 0.5) is 0 Å². The van der Waals surface area contributed by atoms with Gasteiger partial charge in [0, 0.05) is 6.54 Å². The lowest BCUT2D eigenvalue weighted by Gasteiger charge is -2.14. The number of hydrogen-bond donors (Lipinski definition) is 1. The summed E-state index contributed by atoms with van der Waals surface area (Å²) in [7, 11) is 0. The molecule has 16 heavy (non-hydrogen) atoms. The van der Waals surface area contributed by atoms with Crippen LogP contribution in [-0.4, -0.2) is 19.7 Å². The number of nitrogens with one attached hydrogen (secondary N) is 1. The van der Waals surface area contributed by atoms with Crippen molar-refractivity contribution >= 4 is 5.57 Å². The lowest BCUT2D eigenvalue weighted by atomic mass is 10.0. The summed E-state index contributed by atoms with van der Waals surface area (Å²) in [5.74, 6) is 3.28. The first-order valence-corrected chi connectivity index (χ1v) is 5.46. The molecular weight excluding hydrogens is 198 g/mol. The molecule has 0 saturated heterocycles. The highest BCUT2D eigenvalue weighted by atomic mass is 16.5. The van der Waals surface area contributed by atoms with E-state index in [0.29, 0.717) is 6.61 Å². The minimum Gasteiger partial charge on any atom is -0.481 e. The number of rotatable bonds is 3. The summed E-state index contributed by atoms with van der Waals surface area (Å²) in [4.78, 5) is 0. The van der Waals surface area contributed by atoms with E-state index in [1.165, 1.54) is 11.1 Å². The Labute approximate surface area is 96.3 Å². The van der Waals surface area contributed by atoms with E-state index in [2.05, 4.69) is 29.4 Å². The molecule has 0 bridgehead atoms. The lowest BCUT2D eigenvalue weighted by Crippen LogP contribution is -2.19. The van der Waals surface area contributed by atoms with Gasteiger partial charge in [-0.1, -0.05) is 24.1 Å². The summed E-state index contributed by atoms with van der Waals surface area (Å²) < 4.78 is 5.33. The maximum Gasteiger partial charge on any atom is 0.148 e. The van der Waals surface area contributed by atoms with Gasteiger partial charge < -0.3 is 10.1 Å². The van der Waals surface area contributed by atoms with Crippen LogP contribution in [0.2, 0.25) is 0 Å². The average Bonchev–Trinajstić information content (AvgIpc) is 2.38. The van der Waals surface area contributed by atoms with E-state index in [0.717, 1.165) is 25.3 Å². The van der Waals surface area contributed by atoms with Crippen LogP contribution in [0.25, 0.3) is 5.57 Å². The van der Waals surface area contributed by atoms with E-state index < -0.39 is 0 Å². The van der Waals surface area contributed by atoms with Crippen molar-refractivity contribution in [2.24, 2.45) is 0 Å². The van der Waals surface area contributed by atoms with Crippen LogP contribution in [0.15, 0.2) is 30.3 Å². The number of benzene rings is 1. The SMILES string of the molecule is C#CCOc1ccc(C2=CCNCC2)cc1. The molecule has 0 saturated carbocycles. The molecular formula is C14H15NO. The van der Waals surface area contributed by atoms with E-state index in [1.807, 2.05) is 12.1 Å². The van der Waals surface area contributed by atoms with Crippen LogP contribution >= 0.6 is 0 Å². The fraction of sp³-hybridized carbons (Fsp3) is 0.286. The maximum absolute atomic E-state index is 5.33. The molecule has 1 heterocycles. The first kappa shape index (κ1) is 10.8. The van der Waals surface area contributed by atoms with Crippen LogP contribution in [0.1, 0.15) is 12.0 Å². The summed E-state index contributed by atoms with van der Waals surface area (Å²) in [5.41, 5.74) is 2.68. The molecule has 0 unspecified atom stereocenters. The Bertz CT molecular complexity index is 411. The van der Waals surface area contributed by atoms with Crippen molar-refractivity contribution in [2.45, 2.75) is 6.42 Å². The van der Waals surface area contributed by atoms with Crippen molar-refractivity contribution in [3.63, 3.8) is 0 Å². The summed E-state index contributed by atoms with van der Waals surface area (Å²) in [6.45, 7) is 2.35. The third kappa shape index (κ3) is 2.65. The van der Waals surface area contributed by atoms with E-state index >= 15 is 0 Å². The summed E-state index contributed by atoms with van der Waals surface area (Å²) in [6.07, 6.45) is 8.46. The Morgan fingerprint density at radius 3 is 2.75 bits per heavy atom. The predicted octanol–water partition coefficient (Wildman–Crippen LogP) is 2.08. The minimum absolute atomic E-state index is 0.325. The second kappa shape index (κ2) is 5.39. The smallest absolute Gasteiger partial charge is 0.148 e. The standard InChI is InChI=1S/C14H15NO/c1-2-11-16-14-5-3-12(4-6-14)13-7-9-15-10-8-13/h1,3-7,15H,8-11H2. The second-order valence-corrected chi connectivity index (χ2v) is 3.70. The largest absolute Gasteiger partial charge is 0.481 e. The molecule has 0 fully saturated rings. The Kier molecular flexibility index (Phi) is 3.63. The molecule has 2 rings (SSSR count). The highest BCUT2D eigenvalue weighted by molar-refractivity contribution is 5.67. The summed E-state index contributed by atoms with van der Waals surface area (Å²) in [5, 5.41) is 3.30. The zero-order chi connectivity index (χ0) is 11.2. The molecule has 1 aliphatic rings. The molecule has 0 spiro atoms. The maximum atomic E-state index is 5.33. The lowest BCUT2D eigenvalue weighted by molar-refractivity contribution is 0.370. The molecule has 0 amide bonds. The summed E-state index contributed by atoms with van der Waals surface area (Å²) in [6, 6.07) is 8.11. The van der Waals surface area contributed by atoms with Crippen LogP contribution in [-0.2, 0) is 0 Å². The second-order valence-electron chi connectivity index (χ2n) is 3.70. The van der Waals surface area contributed by atoms with Crippen molar-refractivity contribution < 1.29 is 4.74 Å². The van der Waals surface area contributed by atoms with E-state index in [9.17, 15) is 0 Å². The van der Waals surface area contributed by atoms with Gasteiger partial charge in [0.1, 0.15) is 12.4 Å². The molecule has 1 aromatic carbocycles. The Morgan fingerprint density at radius 2 is 2.12 bits per heavy atom. The Balaban J connectivity index is 2.07. The van der Waals surface area contributed by atoms with Gasteiger partial charge in [-0.25, -0.2) is 0 Å². The normalized spacial score (nSPS) is 15.1. The van der Waals surface area contributed by atoms with Crippen molar-refractivity contribution in [1.29, 1.82) is 0 Å². The van der Waals surface area contributed by atoms with Gasteiger partial charge in [-0.2, -0.15) is 0 Å². The molecule has 0 aromatic heterocycles. The van der Waals surface area contributed by atoms with Gasteiger partial charge in [0.05, 0.1) is 0 Å². The van der Waals surface area contributed by atoms with Crippen molar-refractivity contribution in [2.75, 3.05) is 19.7 Å². The Hall–Kier alpha value is -1.72. The monoisotopic (exact) mass is 213 g/mol. The molecule has 0 aliphatic carbocycles. The third-order valence-electron chi connectivity index (χ3n) is 2.61. The molecule has 1 N–H and O–H groups in total. The van der Waals surface area contributed by atoms with Gasteiger partial charge in [0.2, 0.25) is 0 Å². The summed E-state index contributed by atoms with van der Waals surface area (Å²) >= 11 is 0. The number of ether oxygens (including phenoxy) is 1. The first-order valence-electron chi connectivity index (χ1n) is 5.46. The molecule has 2 nitrogen and oxygen atoms in total.